The smallest absolute Gasteiger partial charge is 0.325 e. The summed E-state index contributed by atoms with van der Waals surface area (Å²) in [6, 6.07) is 10.7. The fourth-order valence-electron chi connectivity index (χ4n) is 1.73. The summed E-state index contributed by atoms with van der Waals surface area (Å²) in [6.45, 7) is -0.201. The molecule has 1 amide bonds. The molecule has 0 atom stereocenters. The fraction of sp³-hybridized carbons (Fsp3) is 0.133. The summed E-state index contributed by atoms with van der Waals surface area (Å²) in [4.78, 5) is 26.9. The van der Waals surface area contributed by atoms with Crippen molar-refractivity contribution in [3.8, 4) is 11.1 Å². The number of nitrogens with zero attached hydrogens (tertiary/aromatic N) is 1. The van der Waals surface area contributed by atoms with Crippen LogP contribution < -0.4 is 5.32 Å². The Hall–Kier alpha value is -2.40. The van der Waals surface area contributed by atoms with Crippen LogP contribution in [0.1, 0.15) is 10.5 Å². The van der Waals surface area contributed by atoms with Crippen LogP contribution >= 0.6 is 11.6 Å². The second-order valence-electron chi connectivity index (χ2n) is 4.17. The zero-order valence-corrected chi connectivity index (χ0v) is 12.1. The van der Waals surface area contributed by atoms with E-state index in [9.17, 15) is 9.59 Å². The summed E-state index contributed by atoms with van der Waals surface area (Å²) in [5.41, 5.74) is 1.79. The Balaban J connectivity index is 2.20. The number of hydrogen-bond acceptors (Lipinski definition) is 4. The van der Waals surface area contributed by atoms with Gasteiger partial charge >= 0.3 is 5.97 Å². The first-order valence-corrected chi connectivity index (χ1v) is 6.55. The molecule has 108 valence electrons. The van der Waals surface area contributed by atoms with E-state index < -0.39 is 11.9 Å². The number of methoxy groups -OCH3 is 1. The maximum absolute atomic E-state index is 11.9. The Kier molecular flexibility index (Phi) is 4.90. The number of hydrogen-bond donors (Lipinski definition) is 1. The van der Waals surface area contributed by atoms with Crippen molar-refractivity contribution in [2.45, 2.75) is 0 Å². The highest BCUT2D eigenvalue weighted by atomic mass is 35.5. The molecule has 0 saturated heterocycles. The van der Waals surface area contributed by atoms with E-state index in [1.807, 2.05) is 18.2 Å². The first-order valence-electron chi connectivity index (χ1n) is 6.18. The number of amides is 1. The molecule has 2 rings (SSSR count). The summed E-state index contributed by atoms with van der Waals surface area (Å²) in [5.74, 6) is -0.972. The predicted octanol–water partition coefficient (Wildman–Crippen LogP) is 2.30. The molecule has 0 aliphatic carbocycles. The van der Waals surface area contributed by atoms with E-state index in [1.165, 1.54) is 13.3 Å². The summed E-state index contributed by atoms with van der Waals surface area (Å²) in [6.07, 6.45) is 1.52. The molecule has 1 aromatic heterocycles. The first-order chi connectivity index (χ1) is 10.1. The van der Waals surface area contributed by atoms with Gasteiger partial charge in [-0.3, -0.25) is 14.6 Å². The molecule has 5 nitrogen and oxygen atoms in total. The van der Waals surface area contributed by atoms with Gasteiger partial charge in [0.15, 0.2) is 0 Å². The third kappa shape index (κ3) is 3.79. The summed E-state index contributed by atoms with van der Waals surface area (Å²) < 4.78 is 4.45. The van der Waals surface area contributed by atoms with E-state index >= 15 is 0 Å². The number of ether oxygens (including phenoxy) is 1. The number of pyridine rings is 1. The topological polar surface area (TPSA) is 68.3 Å². The van der Waals surface area contributed by atoms with Gasteiger partial charge in [0.1, 0.15) is 12.2 Å². The van der Waals surface area contributed by atoms with Crippen molar-refractivity contribution in [2.24, 2.45) is 0 Å². The third-order valence-corrected chi connectivity index (χ3v) is 3.13. The minimum Gasteiger partial charge on any atom is -0.468 e. The van der Waals surface area contributed by atoms with Gasteiger partial charge in [-0.25, -0.2) is 0 Å². The molecule has 0 saturated carbocycles. The Labute approximate surface area is 126 Å². The maximum Gasteiger partial charge on any atom is 0.325 e. The number of rotatable bonds is 4. The zero-order chi connectivity index (χ0) is 15.2. The summed E-state index contributed by atoms with van der Waals surface area (Å²) in [7, 11) is 1.25. The minimum absolute atomic E-state index is 0.201. The van der Waals surface area contributed by atoms with Crippen LogP contribution in [-0.4, -0.2) is 30.5 Å². The minimum atomic E-state index is -0.523. The van der Waals surface area contributed by atoms with Gasteiger partial charge in [-0.15, -0.1) is 0 Å². The van der Waals surface area contributed by atoms with Crippen molar-refractivity contribution < 1.29 is 14.3 Å². The number of benzene rings is 1. The molecule has 0 unspecified atom stereocenters. The van der Waals surface area contributed by atoms with Gasteiger partial charge in [0.05, 0.1) is 7.11 Å². The lowest BCUT2D eigenvalue weighted by atomic mass is 10.1. The van der Waals surface area contributed by atoms with E-state index in [1.54, 1.807) is 18.2 Å². The number of aromatic nitrogens is 1. The average molecular weight is 305 g/mol. The van der Waals surface area contributed by atoms with Crippen molar-refractivity contribution in [3.63, 3.8) is 0 Å². The lowest BCUT2D eigenvalue weighted by Crippen LogP contribution is -2.30. The first kappa shape index (κ1) is 15.0. The maximum atomic E-state index is 11.9. The van der Waals surface area contributed by atoms with E-state index in [2.05, 4.69) is 15.0 Å². The van der Waals surface area contributed by atoms with E-state index in [0.717, 1.165) is 11.1 Å². The third-order valence-electron chi connectivity index (χ3n) is 2.80. The second-order valence-corrected chi connectivity index (χ2v) is 4.58. The van der Waals surface area contributed by atoms with Crippen molar-refractivity contribution in [1.82, 2.24) is 10.3 Å². The molecule has 0 spiro atoms. The lowest BCUT2D eigenvalue weighted by Gasteiger charge is -2.07. The van der Waals surface area contributed by atoms with Crippen LogP contribution in [0.4, 0.5) is 0 Å². The molecule has 0 aliphatic rings. The Bertz CT molecular complexity index is 673. The van der Waals surface area contributed by atoms with Crippen LogP contribution in [0, 0.1) is 0 Å². The highest BCUT2D eigenvalue weighted by molar-refractivity contribution is 6.33. The summed E-state index contributed by atoms with van der Waals surface area (Å²) >= 11 is 6.13. The highest BCUT2D eigenvalue weighted by Crippen LogP contribution is 2.27. The molecule has 0 fully saturated rings. The normalized spacial score (nSPS) is 10.0. The van der Waals surface area contributed by atoms with Gasteiger partial charge in [-0.05, 0) is 23.8 Å². The molecule has 0 bridgehead atoms. The molecule has 1 heterocycles. The Morgan fingerprint density at radius 3 is 2.76 bits per heavy atom. The fourth-order valence-corrected chi connectivity index (χ4v) is 1.98. The van der Waals surface area contributed by atoms with Gasteiger partial charge in [-0.1, -0.05) is 29.8 Å². The van der Waals surface area contributed by atoms with Crippen LogP contribution in [0.3, 0.4) is 0 Å². The number of halogens is 1. The van der Waals surface area contributed by atoms with Crippen molar-refractivity contribution in [1.29, 1.82) is 0 Å². The molecule has 0 radical (unpaired) electrons. The molecule has 1 N–H and O–H groups in total. The van der Waals surface area contributed by atoms with Crippen LogP contribution in [-0.2, 0) is 9.53 Å². The standard InChI is InChI=1S/C15H13ClN2O3/c1-21-14(19)9-18-15(20)13-8-10(6-7-17-13)11-4-2-3-5-12(11)16/h2-8H,9H2,1H3,(H,18,20). The van der Waals surface area contributed by atoms with Gasteiger partial charge in [0, 0.05) is 16.8 Å². The zero-order valence-electron chi connectivity index (χ0n) is 11.3. The second kappa shape index (κ2) is 6.85. The number of esters is 1. The Morgan fingerprint density at radius 2 is 2.05 bits per heavy atom. The molecular weight excluding hydrogens is 292 g/mol. The molecular formula is C15H13ClN2O3. The quantitative estimate of drug-likeness (QED) is 0.880. The monoisotopic (exact) mass is 304 g/mol. The average Bonchev–Trinajstić information content (AvgIpc) is 2.52. The van der Waals surface area contributed by atoms with Gasteiger partial charge in [0.2, 0.25) is 0 Å². The van der Waals surface area contributed by atoms with E-state index in [-0.39, 0.29) is 12.2 Å². The molecule has 2 aromatic rings. The number of nitrogens with one attached hydrogen (secondary N) is 1. The van der Waals surface area contributed by atoms with Gasteiger partial charge < -0.3 is 10.1 Å². The molecule has 1 aromatic carbocycles. The SMILES string of the molecule is COC(=O)CNC(=O)c1cc(-c2ccccc2Cl)ccn1. The van der Waals surface area contributed by atoms with Gasteiger partial charge in [-0.2, -0.15) is 0 Å². The number of carbonyl (C=O) groups is 2. The van der Waals surface area contributed by atoms with Gasteiger partial charge in [0.25, 0.3) is 5.91 Å². The van der Waals surface area contributed by atoms with E-state index in [4.69, 9.17) is 11.6 Å². The summed E-state index contributed by atoms with van der Waals surface area (Å²) in [5, 5.41) is 3.02. The van der Waals surface area contributed by atoms with Crippen LogP contribution in [0.5, 0.6) is 0 Å². The molecule has 0 aliphatic heterocycles. The largest absolute Gasteiger partial charge is 0.468 e. The van der Waals surface area contributed by atoms with Crippen LogP contribution in [0.2, 0.25) is 5.02 Å². The van der Waals surface area contributed by atoms with Crippen LogP contribution in [0.15, 0.2) is 42.6 Å². The highest BCUT2D eigenvalue weighted by Gasteiger charge is 2.11. The van der Waals surface area contributed by atoms with Crippen molar-refractivity contribution in [3.05, 3.63) is 53.3 Å². The molecule has 21 heavy (non-hydrogen) atoms. The number of carbonyl (C=O) groups excluding carboxylic acids is 2. The predicted molar refractivity (Wildman–Crippen MR) is 79.0 cm³/mol. The van der Waals surface area contributed by atoms with Crippen molar-refractivity contribution >= 4 is 23.5 Å². The Morgan fingerprint density at radius 1 is 1.29 bits per heavy atom. The van der Waals surface area contributed by atoms with E-state index in [0.29, 0.717) is 5.02 Å². The lowest BCUT2D eigenvalue weighted by molar-refractivity contribution is -0.139. The van der Waals surface area contributed by atoms with Crippen LogP contribution in [0.25, 0.3) is 11.1 Å². The van der Waals surface area contributed by atoms with Crippen molar-refractivity contribution in [2.75, 3.05) is 13.7 Å². The molecule has 6 heteroatoms.